The number of nitrogens with zero attached hydrogens (tertiary/aromatic N) is 2. The summed E-state index contributed by atoms with van der Waals surface area (Å²) in [5, 5.41) is 11.9. The standard InChI is InChI=1S/C19H21N3O3/c23-18(20-16-4-2-1-3-5-16)14-21-10-12-22(13-11-21)17-8-6-15(7-9-17)19(24)25/h1-9H,10-14H2,(H,20,23)(H,24,25). The SMILES string of the molecule is O=C(CN1CCN(c2ccc(C(=O)O)cc2)CC1)Nc1ccccc1. The summed E-state index contributed by atoms with van der Waals surface area (Å²) < 4.78 is 0. The van der Waals surface area contributed by atoms with Gasteiger partial charge in [0, 0.05) is 37.6 Å². The van der Waals surface area contributed by atoms with E-state index in [0.717, 1.165) is 37.6 Å². The molecule has 6 heteroatoms. The summed E-state index contributed by atoms with van der Waals surface area (Å²) in [5.74, 6) is -0.925. The highest BCUT2D eigenvalue weighted by Gasteiger charge is 2.19. The molecule has 0 aliphatic carbocycles. The van der Waals surface area contributed by atoms with Gasteiger partial charge in [-0.2, -0.15) is 0 Å². The van der Waals surface area contributed by atoms with E-state index in [1.807, 2.05) is 42.5 Å². The average Bonchev–Trinajstić information content (AvgIpc) is 2.63. The van der Waals surface area contributed by atoms with E-state index in [0.29, 0.717) is 12.1 Å². The van der Waals surface area contributed by atoms with E-state index in [-0.39, 0.29) is 5.91 Å². The Labute approximate surface area is 146 Å². The highest BCUT2D eigenvalue weighted by molar-refractivity contribution is 5.92. The average molecular weight is 339 g/mol. The van der Waals surface area contributed by atoms with Crippen LogP contribution in [0.3, 0.4) is 0 Å². The monoisotopic (exact) mass is 339 g/mol. The third-order valence-corrected chi connectivity index (χ3v) is 4.28. The van der Waals surface area contributed by atoms with Crippen molar-refractivity contribution in [2.45, 2.75) is 0 Å². The summed E-state index contributed by atoms with van der Waals surface area (Å²) in [7, 11) is 0. The minimum atomic E-state index is -0.916. The second-order valence-corrected chi connectivity index (χ2v) is 6.03. The number of carboxylic acids is 1. The fraction of sp³-hybridized carbons (Fsp3) is 0.263. The third-order valence-electron chi connectivity index (χ3n) is 4.28. The predicted octanol–water partition coefficient (Wildman–Crippen LogP) is 2.15. The summed E-state index contributed by atoms with van der Waals surface area (Å²) in [6.07, 6.45) is 0. The van der Waals surface area contributed by atoms with Gasteiger partial charge in [0.15, 0.2) is 0 Å². The molecule has 2 aromatic carbocycles. The molecule has 0 unspecified atom stereocenters. The molecule has 0 bridgehead atoms. The van der Waals surface area contributed by atoms with Crippen LogP contribution < -0.4 is 10.2 Å². The first-order valence-corrected chi connectivity index (χ1v) is 8.27. The van der Waals surface area contributed by atoms with E-state index in [9.17, 15) is 9.59 Å². The normalized spacial score (nSPS) is 15.0. The van der Waals surface area contributed by atoms with Crippen LogP contribution in [-0.4, -0.2) is 54.6 Å². The largest absolute Gasteiger partial charge is 0.478 e. The summed E-state index contributed by atoms with van der Waals surface area (Å²) in [5.41, 5.74) is 2.11. The summed E-state index contributed by atoms with van der Waals surface area (Å²) >= 11 is 0. The number of para-hydroxylation sites is 1. The van der Waals surface area contributed by atoms with Crippen LogP contribution in [0.25, 0.3) is 0 Å². The first-order valence-electron chi connectivity index (χ1n) is 8.27. The van der Waals surface area contributed by atoms with Crippen molar-refractivity contribution in [1.82, 2.24) is 4.90 Å². The lowest BCUT2D eigenvalue weighted by Gasteiger charge is -2.35. The fourth-order valence-corrected chi connectivity index (χ4v) is 2.90. The highest BCUT2D eigenvalue weighted by atomic mass is 16.4. The number of hydrogen-bond acceptors (Lipinski definition) is 4. The van der Waals surface area contributed by atoms with E-state index < -0.39 is 5.97 Å². The van der Waals surface area contributed by atoms with Crippen LogP contribution in [-0.2, 0) is 4.79 Å². The third kappa shape index (κ3) is 4.58. The Morgan fingerprint density at radius 3 is 2.16 bits per heavy atom. The highest BCUT2D eigenvalue weighted by Crippen LogP contribution is 2.17. The van der Waals surface area contributed by atoms with Crippen molar-refractivity contribution in [3.63, 3.8) is 0 Å². The van der Waals surface area contributed by atoms with Crippen LogP contribution >= 0.6 is 0 Å². The first kappa shape index (κ1) is 17.0. The molecular formula is C19H21N3O3. The molecule has 6 nitrogen and oxygen atoms in total. The number of carbonyl (C=O) groups excluding carboxylic acids is 1. The number of carbonyl (C=O) groups is 2. The number of benzene rings is 2. The first-order chi connectivity index (χ1) is 12.1. The Morgan fingerprint density at radius 1 is 0.920 bits per heavy atom. The molecule has 0 aromatic heterocycles. The molecule has 3 rings (SSSR count). The van der Waals surface area contributed by atoms with Crippen molar-refractivity contribution < 1.29 is 14.7 Å². The Balaban J connectivity index is 1.48. The van der Waals surface area contributed by atoms with Crippen molar-refractivity contribution in [3.8, 4) is 0 Å². The second-order valence-electron chi connectivity index (χ2n) is 6.03. The Morgan fingerprint density at radius 2 is 1.56 bits per heavy atom. The fourth-order valence-electron chi connectivity index (χ4n) is 2.90. The van der Waals surface area contributed by atoms with Crippen molar-refractivity contribution in [2.75, 3.05) is 42.9 Å². The van der Waals surface area contributed by atoms with Gasteiger partial charge in [-0.3, -0.25) is 9.69 Å². The van der Waals surface area contributed by atoms with Crippen molar-refractivity contribution in [1.29, 1.82) is 0 Å². The summed E-state index contributed by atoms with van der Waals surface area (Å²) in [6.45, 7) is 3.59. The van der Waals surface area contributed by atoms with Crippen molar-refractivity contribution in [2.24, 2.45) is 0 Å². The number of nitrogens with one attached hydrogen (secondary N) is 1. The molecular weight excluding hydrogens is 318 g/mol. The van der Waals surface area contributed by atoms with E-state index in [1.165, 1.54) is 0 Å². The van der Waals surface area contributed by atoms with Crippen LogP contribution in [0, 0.1) is 0 Å². The molecule has 0 saturated carbocycles. The van der Waals surface area contributed by atoms with E-state index in [4.69, 9.17) is 5.11 Å². The van der Waals surface area contributed by atoms with Crippen molar-refractivity contribution >= 4 is 23.3 Å². The van der Waals surface area contributed by atoms with Gasteiger partial charge in [-0.25, -0.2) is 4.79 Å². The number of carboxylic acid groups (broad SMARTS) is 1. The van der Waals surface area contributed by atoms with Gasteiger partial charge in [0.1, 0.15) is 0 Å². The zero-order valence-electron chi connectivity index (χ0n) is 13.9. The zero-order valence-corrected chi connectivity index (χ0v) is 13.9. The minimum absolute atomic E-state index is 0.00883. The molecule has 1 aliphatic rings. The molecule has 0 atom stereocenters. The molecule has 0 radical (unpaired) electrons. The van der Waals surface area contributed by atoms with E-state index in [1.54, 1.807) is 12.1 Å². The maximum atomic E-state index is 12.1. The van der Waals surface area contributed by atoms with Crippen LogP contribution in [0.5, 0.6) is 0 Å². The topological polar surface area (TPSA) is 72.9 Å². The lowest BCUT2D eigenvalue weighted by Crippen LogP contribution is -2.48. The Kier molecular flexibility index (Phi) is 5.30. The van der Waals surface area contributed by atoms with Gasteiger partial charge in [0.25, 0.3) is 0 Å². The number of anilines is 2. The van der Waals surface area contributed by atoms with Crippen LogP contribution in [0.1, 0.15) is 10.4 Å². The summed E-state index contributed by atoms with van der Waals surface area (Å²) in [6, 6.07) is 16.4. The molecule has 1 heterocycles. The quantitative estimate of drug-likeness (QED) is 0.873. The molecule has 2 aromatic rings. The smallest absolute Gasteiger partial charge is 0.335 e. The summed E-state index contributed by atoms with van der Waals surface area (Å²) in [4.78, 5) is 27.3. The predicted molar refractivity (Wildman–Crippen MR) is 97.1 cm³/mol. The molecule has 25 heavy (non-hydrogen) atoms. The molecule has 1 amide bonds. The van der Waals surface area contributed by atoms with Gasteiger partial charge in [-0.15, -0.1) is 0 Å². The van der Waals surface area contributed by atoms with Crippen LogP contribution in [0.15, 0.2) is 54.6 Å². The number of piperazine rings is 1. The lowest BCUT2D eigenvalue weighted by atomic mass is 10.2. The van der Waals surface area contributed by atoms with Gasteiger partial charge < -0.3 is 15.3 Å². The maximum absolute atomic E-state index is 12.1. The van der Waals surface area contributed by atoms with Crippen LogP contribution in [0.2, 0.25) is 0 Å². The molecule has 0 spiro atoms. The van der Waals surface area contributed by atoms with Crippen LogP contribution in [0.4, 0.5) is 11.4 Å². The maximum Gasteiger partial charge on any atom is 0.335 e. The number of rotatable bonds is 5. The van der Waals surface area contributed by atoms with Gasteiger partial charge in [0.2, 0.25) is 5.91 Å². The number of aromatic carboxylic acids is 1. The molecule has 130 valence electrons. The minimum Gasteiger partial charge on any atom is -0.478 e. The zero-order chi connectivity index (χ0) is 17.6. The molecule has 1 aliphatic heterocycles. The van der Waals surface area contributed by atoms with Gasteiger partial charge in [-0.05, 0) is 36.4 Å². The van der Waals surface area contributed by atoms with Gasteiger partial charge in [-0.1, -0.05) is 18.2 Å². The van der Waals surface area contributed by atoms with E-state index >= 15 is 0 Å². The molecule has 1 saturated heterocycles. The van der Waals surface area contributed by atoms with Gasteiger partial charge >= 0.3 is 5.97 Å². The Bertz CT molecular complexity index is 723. The van der Waals surface area contributed by atoms with Crippen molar-refractivity contribution in [3.05, 3.63) is 60.2 Å². The van der Waals surface area contributed by atoms with Gasteiger partial charge in [0.05, 0.1) is 12.1 Å². The molecule has 2 N–H and O–H groups in total. The second kappa shape index (κ2) is 7.81. The van der Waals surface area contributed by atoms with E-state index in [2.05, 4.69) is 15.1 Å². The lowest BCUT2D eigenvalue weighted by molar-refractivity contribution is -0.117. The number of hydrogen-bond donors (Lipinski definition) is 2. The Hall–Kier alpha value is -2.86. The molecule has 1 fully saturated rings. The number of amides is 1.